The molecule has 1 aromatic rings. The Kier molecular flexibility index (Phi) is 6.13. The molecule has 2 rings (SSSR count). The monoisotopic (exact) mass is 254 g/mol. The van der Waals surface area contributed by atoms with Gasteiger partial charge in [-0.2, -0.15) is 5.66 Å². The molecule has 1 saturated carbocycles. The van der Waals surface area contributed by atoms with Gasteiger partial charge in [-0.05, 0) is 37.5 Å². The summed E-state index contributed by atoms with van der Waals surface area (Å²) in [5.74, 6) is 0. The van der Waals surface area contributed by atoms with Gasteiger partial charge in [-0.15, -0.1) is 0 Å². The summed E-state index contributed by atoms with van der Waals surface area (Å²) in [5.41, 5.74) is 5.42. The molecule has 0 spiro atoms. The van der Waals surface area contributed by atoms with Crippen molar-refractivity contribution in [2.24, 2.45) is 0 Å². The summed E-state index contributed by atoms with van der Waals surface area (Å²) in [6.07, 6.45) is 5.07. The maximum atomic E-state index is 12.3. The van der Waals surface area contributed by atoms with E-state index in [1.54, 1.807) is 0 Å². The van der Waals surface area contributed by atoms with Crippen LogP contribution in [0.5, 0.6) is 0 Å². The molecule has 1 aliphatic rings. The topological polar surface area (TPSA) is 17.1 Å². The van der Waals surface area contributed by atoms with Crippen LogP contribution in [0.25, 0.3) is 0 Å². The molecule has 0 heterocycles. The van der Waals surface area contributed by atoms with E-state index in [0.29, 0.717) is 11.2 Å². The van der Waals surface area contributed by atoms with Crippen molar-refractivity contribution in [1.29, 1.82) is 0 Å². The van der Waals surface area contributed by atoms with E-state index in [4.69, 9.17) is 0 Å². The van der Waals surface area contributed by atoms with Crippen LogP contribution in [0.1, 0.15) is 52.7 Å². The molecule has 18 heavy (non-hydrogen) atoms. The van der Waals surface area contributed by atoms with Crippen molar-refractivity contribution >= 4 is 14.1 Å². The van der Waals surface area contributed by atoms with Crippen LogP contribution < -0.4 is 18.9 Å². The van der Waals surface area contributed by atoms with Crippen LogP contribution >= 0.6 is 8.58 Å². The Hall–Kier alpha value is -0.0826. The van der Waals surface area contributed by atoms with Crippen molar-refractivity contribution in [3.05, 3.63) is 34.4 Å². The van der Waals surface area contributed by atoms with Crippen LogP contribution in [-0.2, 0) is 0 Å². The molecular formula is C15H20LiOP. The van der Waals surface area contributed by atoms with Gasteiger partial charge in [0.2, 0.25) is 0 Å². The van der Waals surface area contributed by atoms with Gasteiger partial charge < -0.3 is 13.4 Å². The van der Waals surface area contributed by atoms with E-state index < -0.39 is 0 Å². The molecule has 92 valence electrons. The number of hydrogen-bond acceptors (Lipinski definition) is 1. The summed E-state index contributed by atoms with van der Waals surface area (Å²) < 4.78 is 0. The van der Waals surface area contributed by atoms with Crippen molar-refractivity contribution in [2.75, 3.05) is 0 Å². The summed E-state index contributed by atoms with van der Waals surface area (Å²) in [4.78, 5) is 12.3. The molecule has 1 aliphatic carbocycles. The van der Waals surface area contributed by atoms with Crippen LogP contribution in [0.15, 0.2) is 12.1 Å². The van der Waals surface area contributed by atoms with Crippen LogP contribution in [0.2, 0.25) is 0 Å². The third kappa shape index (κ3) is 3.71. The SMILES string of the molecule is Cc1cc(C)c(C(=O)[P-]C2CCCC2)c(C)c1.[Li+]. The Morgan fingerprint density at radius 3 is 2.11 bits per heavy atom. The molecule has 0 aromatic heterocycles. The van der Waals surface area contributed by atoms with Gasteiger partial charge in [0.25, 0.3) is 0 Å². The molecule has 1 aromatic carbocycles. The maximum Gasteiger partial charge on any atom is 1.00 e. The van der Waals surface area contributed by atoms with Crippen LogP contribution in [-0.4, -0.2) is 11.2 Å². The molecule has 0 bridgehead atoms. The summed E-state index contributed by atoms with van der Waals surface area (Å²) in [7, 11) is 1.02. The van der Waals surface area contributed by atoms with Crippen molar-refractivity contribution in [2.45, 2.75) is 52.1 Å². The summed E-state index contributed by atoms with van der Waals surface area (Å²) >= 11 is 0. The minimum absolute atomic E-state index is 0. The van der Waals surface area contributed by atoms with Gasteiger partial charge in [0.1, 0.15) is 0 Å². The summed E-state index contributed by atoms with van der Waals surface area (Å²) in [6, 6.07) is 4.23. The summed E-state index contributed by atoms with van der Waals surface area (Å²) in [5, 5.41) is 0. The Morgan fingerprint density at radius 2 is 1.61 bits per heavy atom. The van der Waals surface area contributed by atoms with Crippen LogP contribution in [0.3, 0.4) is 0 Å². The molecule has 1 nitrogen and oxygen atoms in total. The first kappa shape index (κ1) is 16.0. The first-order chi connectivity index (χ1) is 8.08. The standard InChI is InChI=1S/C15H20OP.Li/c1-10-8-11(2)14(12(3)9-10)15(16)17-13-6-4-5-7-13;/h8-9,13H,4-7H2,1-3H3;/q-1;+1. The molecule has 0 radical (unpaired) electrons. The zero-order chi connectivity index (χ0) is 12.4. The number of hydrogen-bond donors (Lipinski definition) is 0. The van der Waals surface area contributed by atoms with Gasteiger partial charge in [-0.1, -0.05) is 43.4 Å². The number of carbonyl (C=O) groups excluding carboxylic acids is 1. The van der Waals surface area contributed by atoms with E-state index in [1.807, 2.05) is 0 Å². The molecule has 0 atom stereocenters. The van der Waals surface area contributed by atoms with E-state index in [0.717, 1.165) is 25.3 Å². The van der Waals surface area contributed by atoms with Gasteiger partial charge in [-0.25, -0.2) is 0 Å². The van der Waals surface area contributed by atoms with Crippen molar-refractivity contribution < 1.29 is 23.7 Å². The van der Waals surface area contributed by atoms with Crippen molar-refractivity contribution in [1.82, 2.24) is 0 Å². The largest absolute Gasteiger partial charge is 1.00 e. The predicted molar refractivity (Wildman–Crippen MR) is 74.2 cm³/mol. The van der Waals surface area contributed by atoms with Gasteiger partial charge in [-0.3, -0.25) is 0 Å². The van der Waals surface area contributed by atoms with E-state index in [2.05, 4.69) is 32.9 Å². The second kappa shape index (κ2) is 6.90. The van der Waals surface area contributed by atoms with Crippen LogP contribution in [0, 0.1) is 20.8 Å². The average molecular weight is 254 g/mol. The minimum Gasteiger partial charge on any atom is -0.456 e. The smallest absolute Gasteiger partial charge is 0.456 e. The second-order valence-electron chi connectivity index (χ2n) is 5.15. The van der Waals surface area contributed by atoms with Gasteiger partial charge in [0, 0.05) is 5.52 Å². The number of benzene rings is 1. The molecular weight excluding hydrogens is 234 g/mol. The molecule has 0 N–H and O–H groups in total. The van der Waals surface area contributed by atoms with Crippen molar-refractivity contribution in [3.8, 4) is 0 Å². The van der Waals surface area contributed by atoms with Gasteiger partial charge in [0.05, 0.1) is 0 Å². The first-order valence-corrected chi connectivity index (χ1v) is 7.37. The number of carbonyl (C=O) groups is 1. The first-order valence-electron chi connectivity index (χ1n) is 6.41. The van der Waals surface area contributed by atoms with Gasteiger partial charge in [0.15, 0.2) is 0 Å². The minimum atomic E-state index is 0. The van der Waals surface area contributed by atoms with Crippen LogP contribution in [0.4, 0.5) is 0 Å². The zero-order valence-corrected chi connectivity index (χ0v) is 12.8. The zero-order valence-electron chi connectivity index (χ0n) is 11.9. The van der Waals surface area contributed by atoms with E-state index in [-0.39, 0.29) is 18.9 Å². The Bertz CT molecular complexity index is 413. The fourth-order valence-corrected chi connectivity index (χ4v) is 4.22. The molecule has 3 heteroatoms. The summed E-state index contributed by atoms with van der Waals surface area (Å²) in [6.45, 7) is 6.19. The fourth-order valence-electron chi connectivity index (χ4n) is 2.78. The van der Waals surface area contributed by atoms with E-state index in [9.17, 15) is 4.79 Å². The Morgan fingerprint density at radius 1 is 1.11 bits per heavy atom. The molecule has 0 amide bonds. The average Bonchev–Trinajstić information content (AvgIpc) is 2.68. The normalized spacial score (nSPS) is 16.2. The fraction of sp³-hybridized carbons (Fsp3) is 0.533. The molecule has 0 aliphatic heterocycles. The molecule has 0 unspecified atom stereocenters. The predicted octanol–water partition coefficient (Wildman–Crippen LogP) is 1.64. The number of rotatable bonds is 3. The quantitative estimate of drug-likeness (QED) is 0.592. The van der Waals surface area contributed by atoms with E-state index in [1.165, 1.54) is 31.2 Å². The maximum absolute atomic E-state index is 12.3. The van der Waals surface area contributed by atoms with E-state index >= 15 is 0 Å². The molecule has 1 fully saturated rings. The van der Waals surface area contributed by atoms with Crippen molar-refractivity contribution in [3.63, 3.8) is 0 Å². The Labute approximate surface area is 124 Å². The van der Waals surface area contributed by atoms with Gasteiger partial charge >= 0.3 is 18.9 Å². The molecule has 0 saturated heterocycles. The third-order valence-corrected chi connectivity index (χ3v) is 4.86. The third-order valence-electron chi connectivity index (χ3n) is 3.52. The second-order valence-corrected chi connectivity index (χ2v) is 6.54. The Balaban J connectivity index is 0.00000162. The number of aryl methyl sites for hydroxylation is 3.